The molecule has 0 radical (unpaired) electrons. The Hall–Kier alpha value is -1.36. The number of nitrogens with one attached hydrogen (secondary N) is 1. The van der Waals surface area contributed by atoms with Crippen LogP contribution >= 0.6 is 11.6 Å². The molecule has 2 aliphatic rings. The summed E-state index contributed by atoms with van der Waals surface area (Å²) < 4.78 is 5.51. The van der Waals surface area contributed by atoms with E-state index in [1.807, 2.05) is 30.3 Å². The largest absolute Gasteiger partial charge is 0.379 e. The predicted molar refractivity (Wildman–Crippen MR) is 102 cm³/mol. The van der Waals surface area contributed by atoms with Crippen LogP contribution in [0, 0.1) is 0 Å². The van der Waals surface area contributed by atoms with Crippen molar-refractivity contribution in [2.24, 2.45) is 0 Å². The van der Waals surface area contributed by atoms with Gasteiger partial charge in [0, 0.05) is 36.3 Å². The first kappa shape index (κ1) is 18.4. The maximum atomic E-state index is 12.3. The number of nitrogens with zero attached hydrogens (tertiary/aromatic N) is 1. The summed E-state index contributed by atoms with van der Waals surface area (Å²) in [6.45, 7) is 4.24. The molecule has 1 aliphatic heterocycles. The molecule has 136 valence electrons. The smallest absolute Gasteiger partial charge is 0.244 e. The number of ether oxygens (including phenoxy) is 1. The molecule has 1 heterocycles. The second kappa shape index (κ2) is 8.84. The number of halogens is 1. The number of benzene rings is 1. The van der Waals surface area contributed by atoms with Crippen LogP contribution in [0.4, 0.5) is 0 Å². The van der Waals surface area contributed by atoms with Crippen molar-refractivity contribution in [2.75, 3.05) is 32.8 Å². The van der Waals surface area contributed by atoms with E-state index in [0.29, 0.717) is 11.6 Å². The number of morpholine rings is 1. The highest BCUT2D eigenvalue weighted by Crippen LogP contribution is 2.33. The number of carbonyl (C=O) groups excluding carboxylic acids is 1. The van der Waals surface area contributed by atoms with Gasteiger partial charge in [0.15, 0.2) is 0 Å². The lowest BCUT2D eigenvalue weighted by molar-refractivity contribution is -0.117. The standard InChI is InChI=1S/C20H27ClN2O2/c21-18-6-4-5-17(15-18)7-8-19(24)22-16-20(9-2-1-3-10-20)23-11-13-25-14-12-23/h4-8,15H,1-3,9-14,16H2,(H,22,24)/b8-7+. The van der Waals surface area contributed by atoms with Crippen LogP contribution in [-0.4, -0.2) is 49.2 Å². The third-order valence-electron chi connectivity index (χ3n) is 5.33. The topological polar surface area (TPSA) is 41.6 Å². The van der Waals surface area contributed by atoms with E-state index in [-0.39, 0.29) is 11.4 Å². The van der Waals surface area contributed by atoms with Crippen molar-refractivity contribution in [3.63, 3.8) is 0 Å². The Morgan fingerprint density at radius 3 is 2.72 bits per heavy atom. The molecule has 4 nitrogen and oxygen atoms in total. The summed E-state index contributed by atoms with van der Waals surface area (Å²) in [5.41, 5.74) is 1.03. The maximum Gasteiger partial charge on any atom is 0.244 e. The molecule has 1 amide bonds. The molecule has 1 aliphatic carbocycles. The highest BCUT2D eigenvalue weighted by Gasteiger charge is 2.38. The molecule has 1 aromatic rings. The monoisotopic (exact) mass is 362 g/mol. The molecule has 25 heavy (non-hydrogen) atoms. The fourth-order valence-electron chi connectivity index (χ4n) is 3.95. The maximum absolute atomic E-state index is 12.3. The quantitative estimate of drug-likeness (QED) is 0.815. The van der Waals surface area contributed by atoms with Crippen molar-refractivity contribution in [3.05, 3.63) is 40.9 Å². The van der Waals surface area contributed by atoms with E-state index < -0.39 is 0 Å². The SMILES string of the molecule is O=C(/C=C/c1cccc(Cl)c1)NCC1(N2CCOCC2)CCCCC1. The van der Waals surface area contributed by atoms with Gasteiger partial charge in [0.05, 0.1) is 13.2 Å². The van der Waals surface area contributed by atoms with E-state index in [9.17, 15) is 4.79 Å². The van der Waals surface area contributed by atoms with Gasteiger partial charge < -0.3 is 10.1 Å². The average Bonchev–Trinajstić information content (AvgIpc) is 2.66. The number of hydrogen-bond donors (Lipinski definition) is 1. The van der Waals surface area contributed by atoms with Gasteiger partial charge in [0.1, 0.15) is 0 Å². The Balaban J connectivity index is 1.59. The highest BCUT2D eigenvalue weighted by molar-refractivity contribution is 6.30. The number of amides is 1. The first-order valence-electron chi connectivity index (χ1n) is 9.22. The van der Waals surface area contributed by atoms with Gasteiger partial charge in [-0.15, -0.1) is 0 Å². The predicted octanol–water partition coefficient (Wildman–Crippen LogP) is 3.50. The molecule has 1 N–H and O–H groups in total. The molecule has 0 spiro atoms. The summed E-state index contributed by atoms with van der Waals surface area (Å²) in [6, 6.07) is 7.50. The molecule has 3 rings (SSSR count). The van der Waals surface area contributed by atoms with Crippen LogP contribution in [0.25, 0.3) is 6.08 Å². The van der Waals surface area contributed by atoms with Crippen LogP contribution in [-0.2, 0) is 9.53 Å². The van der Waals surface area contributed by atoms with E-state index in [2.05, 4.69) is 10.2 Å². The van der Waals surface area contributed by atoms with E-state index >= 15 is 0 Å². The minimum atomic E-state index is -0.0433. The van der Waals surface area contributed by atoms with Crippen molar-refractivity contribution in [2.45, 2.75) is 37.6 Å². The summed E-state index contributed by atoms with van der Waals surface area (Å²) in [5, 5.41) is 3.81. The molecular weight excluding hydrogens is 336 g/mol. The van der Waals surface area contributed by atoms with E-state index in [0.717, 1.165) is 44.7 Å². The normalized spacial score (nSPS) is 21.3. The first-order chi connectivity index (χ1) is 12.2. The Kier molecular flexibility index (Phi) is 6.51. The summed E-state index contributed by atoms with van der Waals surface area (Å²) in [5.74, 6) is -0.0433. The summed E-state index contributed by atoms with van der Waals surface area (Å²) in [7, 11) is 0. The zero-order valence-electron chi connectivity index (χ0n) is 14.7. The molecule has 0 unspecified atom stereocenters. The second-order valence-electron chi connectivity index (χ2n) is 6.99. The lowest BCUT2D eigenvalue weighted by atomic mass is 9.79. The fraction of sp³-hybridized carbons (Fsp3) is 0.550. The third kappa shape index (κ3) is 5.06. The van der Waals surface area contributed by atoms with E-state index in [1.165, 1.54) is 19.3 Å². The second-order valence-corrected chi connectivity index (χ2v) is 7.43. The number of carbonyl (C=O) groups is 1. The molecule has 2 fully saturated rings. The Labute approximate surface area is 155 Å². The fourth-order valence-corrected chi connectivity index (χ4v) is 4.14. The molecule has 1 saturated carbocycles. The number of hydrogen-bond acceptors (Lipinski definition) is 3. The van der Waals surface area contributed by atoms with Crippen LogP contribution in [0.1, 0.15) is 37.7 Å². The van der Waals surface area contributed by atoms with Gasteiger partial charge in [-0.3, -0.25) is 9.69 Å². The molecule has 0 atom stereocenters. The first-order valence-corrected chi connectivity index (χ1v) is 9.60. The zero-order valence-corrected chi connectivity index (χ0v) is 15.4. The van der Waals surface area contributed by atoms with Crippen molar-refractivity contribution in [3.8, 4) is 0 Å². The lowest BCUT2D eigenvalue weighted by Gasteiger charge is -2.48. The Bertz CT molecular complexity index is 605. The highest BCUT2D eigenvalue weighted by atomic mass is 35.5. The molecule has 1 aromatic carbocycles. The third-order valence-corrected chi connectivity index (χ3v) is 5.57. The van der Waals surface area contributed by atoms with Gasteiger partial charge in [-0.1, -0.05) is 43.0 Å². The molecule has 0 bridgehead atoms. The Morgan fingerprint density at radius 2 is 2.00 bits per heavy atom. The zero-order chi connectivity index (χ0) is 17.5. The van der Waals surface area contributed by atoms with Gasteiger partial charge in [-0.2, -0.15) is 0 Å². The minimum Gasteiger partial charge on any atom is -0.379 e. The Morgan fingerprint density at radius 1 is 1.24 bits per heavy atom. The van der Waals surface area contributed by atoms with Gasteiger partial charge in [0.2, 0.25) is 5.91 Å². The van der Waals surface area contributed by atoms with Gasteiger partial charge >= 0.3 is 0 Å². The van der Waals surface area contributed by atoms with Crippen LogP contribution in [0.5, 0.6) is 0 Å². The van der Waals surface area contributed by atoms with Gasteiger partial charge in [-0.05, 0) is 36.6 Å². The van der Waals surface area contributed by atoms with Gasteiger partial charge in [-0.25, -0.2) is 0 Å². The average molecular weight is 363 g/mol. The van der Waals surface area contributed by atoms with Crippen molar-refractivity contribution < 1.29 is 9.53 Å². The summed E-state index contributed by atoms with van der Waals surface area (Å²) in [6.07, 6.45) is 9.51. The summed E-state index contributed by atoms with van der Waals surface area (Å²) >= 11 is 5.98. The molecule has 0 aromatic heterocycles. The van der Waals surface area contributed by atoms with Crippen LogP contribution in [0.3, 0.4) is 0 Å². The number of rotatable bonds is 5. The summed E-state index contributed by atoms with van der Waals surface area (Å²) in [4.78, 5) is 14.8. The van der Waals surface area contributed by atoms with Crippen molar-refractivity contribution >= 4 is 23.6 Å². The van der Waals surface area contributed by atoms with Gasteiger partial charge in [0.25, 0.3) is 0 Å². The molecular formula is C20H27ClN2O2. The molecule has 5 heteroatoms. The molecule has 1 saturated heterocycles. The van der Waals surface area contributed by atoms with Crippen molar-refractivity contribution in [1.29, 1.82) is 0 Å². The van der Waals surface area contributed by atoms with Crippen LogP contribution in [0.2, 0.25) is 5.02 Å². The van der Waals surface area contributed by atoms with E-state index in [4.69, 9.17) is 16.3 Å². The van der Waals surface area contributed by atoms with Crippen molar-refractivity contribution in [1.82, 2.24) is 10.2 Å². The van der Waals surface area contributed by atoms with Crippen LogP contribution in [0.15, 0.2) is 30.3 Å². The van der Waals surface area contributed by atoms with E-state index in [1.54, 1.807) is 6.08 Å². The minimum absolute atomic E-state index is 0.0433. The van der Waals surface area contributed by atoms with Crippen LogP contribution < -0.4 is 5.32 Å². The lowest BCUT2D eigenvalue weighted by Crippen LogP contribution is -2.59.